The number of hydrogen-bond donors (Lipinski definition) is 0. The lowest BCUT2D eigenvalue weighted by molar-refractivity contribution is -0.140. The normalized spacial score (nSPS) is 25.6. The number of methoxy groups -OCH3 is 1. The first kappa shape index (κ1) is 17.4. The summed E-state index contributed by atoms with van der Waals surface area (Å²) in [5.41, 5.74) is 0.202. The third kappa shape index (κ3) is 3.95. The summed E-state index contributed by atoms with van der Waals surface area (Å²) in [6, 6.07) is 0. The molecule has 134 valence electrons. The van der Waals surface area contributed by atoms with E-state index in [1.165, 1.54) is 6.42 Å². The summed E-state index contributed by atoms with van der Waals surface area (Å²) in [4.78, 5) is 16.5. The average molecular weight is 336 g/mol. The molecule has 2 fully saturated rings. The summed E-state index contributed by atoms with van der Waals surface area (Å²) in [7, 11) is 1.68. The van der Waals surface area contributed by atoms with E-state index < -0.39 is 0 Å². The predicted molar refractivity (Wildman–Crippen MR) is 88.3 cm³/mol. The zero-order chi connectivity index (χ0) is 17.0. The Morgan fingerprint density at radius 3 is 2.83 bits per heavy atom. The summed E-state index contributed by atoms with van der Waals surface area (Å²) in [6.45, 7) is 6.91. The molecule has 0 radical (unpaired) electrons. The van der Waals surface area contributed by atoms with Gasteiger partial charge in [0.25, 0.3) is 0 Å². The molecule has 0 aromatic carbocycles. The highest BCUT2D eigenvalue weighted by Gasteiger charge is 2.41. The van der Waals surface area contributed by atoms with Gasteiger partial charge >= 0.3 is 0 Å². The number of rotatable bonds is 6. The number of hydrogen-bond acceptors (Lipinski definition) is 6. The molecule has 2 aliphatic rings. The number of aromatic nitrogens is 2. The maximum atomic E-state index is 12.2. The van der Waals surface area contributed by atoms with Crippen LogP contribution in [0.4, 0.5) is 0 Å². The van der Waals surface area contributed by atoms with E-state index in [4.69, 9.17) is 9.15 Å². The van der Waals surface area contributed by atoms with Gasteiger partial charge in [-0.1, -0.05) is 6.92 Å². The molecule has 0 saturated carbocycles. The second-order valence-electron chi connectivity index (χ2n) is 7.07. The minimum absolute atomic E-state index is 0.202. The Hall–Kier alpha value is -1.47. The minimum Gasteiger partial charge on any atom is -0.424 e. The number of piperidine rings is 2. The Morgan fingerprint density at radius 1 is 1.25 bits per heavy atom. The number of carbonyl (C=O) groups is 1. The first-order valence-corrected chi connectivity index (χ1v) is 8.94. The quantitative estimate of drug-likeness (QED) is 0.784. The Balaban J connectivity index is 1.62. The molecule has 1 amide bonds. The van der Waals surface area contributed by atoms with Crippen molar-refractivity contribution in [2.75, 3.05) is 39.9 Å². The van der Waals surface area contributed by atoms with Crippen LogP contribution in [0.2, 0.25) is 0 Å². The van der Waals surface area contributed by atoms with Crippen LogP contribution in [-0.4, -0.2) is 65.8 Å². The summed E-state index contributed by atoms with van der Waals surface area (Å²) in [5, 5.41) is 8.19. The van der Waals surface area contributed by atoms with E-state index in [1.54, 1.807) is 7.11 Å². The maximum Gasteiger partial charge on any atom is 0.230 e. The Bertz CT molecular complexity index is 562. The zero-order valence-corrected chi connectivity index (χ0v) is 14.8. The van der Waals surface area contributed by atoms with Gasteiger partial charge in [-0.15, -0.1) is 10.2 Å². The van der Waals surface area contributed by atoms with Gasteiger partial charge in [0, 0.05) is 45.0 Å². The number of amides is 1. The van der Waals surface area contributed by atoms with Crippen LogP contribution in [0.25, 0.3) is 0 Å². The molecular weight excluding hydrogens is 308 g/mol. The molecule has 1 unspecified atom stereocenters. The lowest BCUT2D eigenvalue weighted by Gasteiger charge is -2.48. The van der Waals surface area contributed by atoms with Crippen molar-refractivity contribution in [2.24, 2.45) is 5.41 Å². The molecule has 0 bridgehead atoms. The summed E-state index contributed by atoms with van der Waals surface area (Å²) in [6.07, 6.45) is 4.74. The lowest BCUT2D eigenvalue weighted by atomic mass is 9.73. The predicted octanol–water partition coefficient (Wildman–Crippen LogP) is 1.48. The molecule has 0 aliphatic carbocycles. The van der Waals surface area contributed by atoms with Crippen molar-refractivity contribution in [3.63, 3.8) is 0 Å². The third-order valence-electron chi connectivity index (χ3n) is 5.22. The molecule has 0 N–H and O–H groups in total. The monoisotopic (exact) mass is 336 g/mol. The SMILES string of the molecule is CCc1nnc(CN2CCCC3(CCC(=O)N(CCOC)C3)C2)o1. The molecule has 24 heavy (non-hydrogen) atoms. The van der Waals surface area contributed by atoms with Gasteiger partial charge in [-0.25, -0.2) is 0 Å². The van der Waals surface area contributed by atoms with Crippen LogP contribution >= 0.6 is 0 Å². The second-order valence-corrected chi connectivity index (χ2v) is 7.07. The van der Waals surface area contributed by atoms with Crippen LogP contribution in [0, 0.1) is 5.41 Å². The van der Waals surface area contributed by atoms with Crippen molar-refractivity contribution in [1.82, 2.24) is 20.0 Å². The Labute approximate surface area is 143 Å². The van der Waals surface area contributed by atoms with E-state index >= 15 is 0 Å². The van der Waals surface area contributed by atoms with E-state index in [0.717, 1.165) is 38.9 Å². The molecule has 7 heteroatoms. The van der Waals surface area contributed by atoms with E-state index in [9.17, 15) is 4.79 Å². The van der Waals surface area contributed by atoms with Crippen LogP contribution in [0.1, 0.15) is 44.4 Å². The summed E-state index contributed by atoms with van der Waals surface area (Å²) < 4.78 is 10.8. The third-order valence-corrected chi connectivity index (χ3v) is 5.22. The fourth-order valence-electron chi connectivity index (χ4n) is 3.97. The average Bonchev–Trinajstić information content (AvgIpc) is 3.04. The molecule has 7 nitrogen and oxygen atoms in total. The van der Waals surface area contributed by atoms with Crippen molar-refractivity contribution in [1.29, 1.82) is 0 Å². The Kier molecular flexibility index (Phi) is 5.50. The van der Waals surface area contributed by atoms with Crippen LogP contribution in [-0.2, 0) is 22.5 Å². The van der Waals surface area contributed by atoms with Crippen LogP contribution in [0.3, 0.4) is 0 Å². The highest BCUT2D eigenvalue weighted by Crippen LogP contribution is 2.39. The van der Waals surface area contributed by atoms with Crippen molar-refractivity contribution in [2.45, 2.75) is 45.6 Å². The standard InChI is InChI=1S/C17H28N4O3/c1-3-14-18-19-15(24-14)11-20-8-4-6-17(12-20)7-5-16(22)21(13-17)9-10-23-2/h3-13H2,1-2H3. The highest BCUT2D eigenvalue weighted by atomic mass is 16.5. The molecule has 2 saturated heterocycles. The van der Waals surface area contributed by atoms with Crippen LogP contribution in [0.15, 0.2) is 4.42 Å². The van der Waals surface area contributed by atoms with Gasteiger partial charge < -0.3 is 14.1 Å². The van der Waals surface area contributed by atoms with Crippen LogP contribution < -0.4 is 0 Å². The van der Waals surface area contributed by atoms with Gasteiger partial charge in [-0.05, 0) is 25.8 Å². The molecule has 1 atom stereocenters. The zero-order valence-electron chi connectivity index (χ0n) is 14.8. The lowest BCUT2D eigenvalue weighted by Crippen LogP contribution is -2.54. The van der Waals surface area contributed by atoms with Crippen molar-refractivity contribution in [3.8, 4) is 0 Å². The van der Waals surface area contributed by atoms with Gasteiger partial charge in [0.1, 0.15) is 0 Å². The summed E-state index contributed by atoms with van der Waals surface area (Å²) >= 11 is 0. The van der Waals surface area contributed by atoms with Gasteiger partial charge in [0.05, 0.1) is 13.2 Å². The molecule has 2 aliphatic heterocycles. The first-order chi connectivity index (χ1) is 11.6. The summed E-state index contributed by atoms with van der Waals surface area (Å²) in [5.74, 6) is 1.66. The first-order valence-electron chi connectivity index (χ1n) is 8.94. The smallest absolute Gasteiger partial charge is 0.230 e. The molecular formula is C17H28N4O3. The number of carbonyl (C=O) groups excluding carboxylic acids is 1. The fraction of sp³-hybridized carbons (Fsp3) is 0.824. The van der Waals surface area contributed by atoms with Gasteiger partial charge in [-0.3, -0.25) is 9.69 Å². The number of aryl methyl sites for hydroxylation is 1. The fourth-order valence-corrected chi connectivity index (χ4v) is 3.97. The number of nitrogens with zero attached hydrogens (tertiary/aromatic N) is 4. The molecule has 1 aromatic rings. The largest absolute Gasteiger partial charge is 0.424 e. The number of likely N-dealkylation sites (tertiary alicyclic amines) is 2. The Morgan fingerprint density at radius 2 is 2.08 bits per heavy atom. The van der Waals surface area contributed by atoms with E-state index in [1.807, 2.05) is 11.8 Å². The van der Waals surface area contributed by atoms with E-state index in [2.05, 4.69) is 15.1 Å². The minimum atomic E-state index is 0.202. The molecule has 3 heterocycles. The van der Waals surface area contributed by atoms with Crippen molar-refractivity contribution >= 4 is 5.91 Å². The topological polar surface area (TPSA) is 71.7 Å². The molecule has 3 rings (SSSR count). The maximum absolute atomic E-state index is 12.2. The van der Waals surface area contributed by atoms with Crippen LogP contribution in [0.5, 0.6) is 0 Å². The van der Waals surface area contributed by atoms with Crippen molar-refractivity contribution in [3.05, 3.63) is 11.8 Å². The van der Waals surface area contributed by atoms with E-state index in [-0.39, 0.29) is 11.3 Å². The highest BCUT2D eigenvalue weighted by molar-refractivity contribution is 5.77. The van der Waals surface area contributed by atoms with E-state index in [0.29, 0.717) is 37.9 Å². The van der Waals surface area contributed by atoms with Gasteiger partial charge in [0.2, 0.25) is 17.7 Å². The van der Waals surface area contributed by atoms with Crippen molar-refractivity contribution < 1.29 is 13.9 Å². The molecule has 1 spiro atoms. The van der Waals surface area contributed by atoms with Gasteiger partial charge in [0.15, 0.2) is 0 Å². The van der Waals surface area contributed by atoms with Gasteiger partial charge in [-0.2, -0.15) is 0 Å². The second kappa shape index (κ2) is 7.61. The number of ether oxygens (including phenoxy) is 1. The molecule has 1 aromatic heterocycles.